The summed E-state index contributed by atoms with van der Waals surface area (Å²) in [6, 6.07) is 0.469. The Morgan fingerprint density at radius 2 is 2.18 bits per heavy atom. The van der Waals surface area contributed by atoms with E-state index in [1.165, 1.54) is 12.8 Å². The predicted molar refractivity (Wildman–Crippen MR) is 58.2 cm³/mol. The molecular weight excluding hydrogens is 174 g/mol. The molecule has 11 heavy (non-hydrogen) atoms. The van der Waals surface area contributed by atoms with E-state index in [1.807, 2.05) is 0 Å². The molecule has 1 N–H and O–H groups in total. The van der Waals surface area contributed by atoms with E-state index in [4.69, 9.17) is 12.2 Å². The Morgan fingerprint density at radius 3 is 2.64 bits per heavy atom. The fourth-order valence-corrected chi connectivity index (χ4v) is 2.01. The van der Waals surface area contributed by atoms with E-state index < -0.39 is 0 Å². The van der Waals surface area contributed by atoms with Crippen LogP contribution in [0.15, 0.2) is 0 Å². The molecule has 0 aromatic heterocycles. The van der Waals surface area contributed by atoms with Crippen molar-refractivity contribution in [2.45, 2.75) is 39.7 Å². The Morgan fingerprint density at radius 1 is 1.55 bits per heavy atom. The van der Waals surface area contributed by atoms with E-state index >= 15 is 0 Å². The lowest BCUT2D eigenvalue weighted by molar-refractivity contribution is 0.746. The van der Waals surface area contributed by atoms with Crippen molar-refractivity contribution in [3.8, 4) is 0 Å². The van der Waals surface area contributed by atoms with E-state index in [1.54, 1.807) is 11.8 Å². The second-order valence-corrected chi connectivity index (χ2v) is 4.56. The van der Waals surface area contributed by atoms with Gasteiger partial charge in [0.15, 0.2) is 0 Å². The lowest BCUT2D eigenvalue weighted by atomic mass is 10.4. The van der Waals surface area contributed by atoms with Gasteiger partial charge in [-0.25, -0.2) is 0 Å². The summed E-state index contributed by atoms with van der Waals surface area (Å²) in [5, 5.41) is 3.20. The third-order valence-electron chi connectivity index (χ3n) is 1.14. The highest BCUT2D eigenvalue weighted by Gasteiger charge is 1.97. The molecule has 0 radical (unpaired) electrons. The molecule has 0 rings (SSSR count). The number of thiocarbonyl (C=S) groups is 1. The first-order chi connectivity index (χ1) is 5.16. The highest BCUT2D eigenvalue weighted by Crippen LogP contribution is 2.05. The summed E-state index contributed by atoms with van der Waals surface area (Å²) >= 11 is 6.85. The summed E-state index contributed by atoms with van der Waals surface area (Å²) in [4.78, 5) is 0. The summed E-state index contributed by atoms with van der Waals surface area (Å²) in [7, 11) is 0. The van der Waals surface area contributed by atoms with Crippen molar-refractivity contribution >= 4 is 28.3 Å². The van der Waals surface area contributed by atoms with Crippen LogP contribution in [0.2, 0.25) is 0 Å². The van der Waals surface area contributed by atoms with Crippen molar-refractivity contribution in [2.24, 2.45) is 0 Å². The topological polar surface area (TPSA) is 12.0 Å². The molecule has 0 spiro atoms. The van der Waals surface area contributed by atoms with Crippen LogP contribution >= 0.6 is 24.0 Å². The van der Waals surface area contributed by atoms with E-state index in [0.29, 0.717) is 6.04 Å². The SMILES string of the molecule is CCCCSC(=S)NC(C)C. The molecule has 1 nitrogen and oxygen atoms in total. The van der Waals surface area contributed by atoms with Crippen LogP contribution in [0, 0.1) is 0 Å². The number of rotatable bonds is 4. The van der Waals surface area contributed by atoms with Crippen molar-refractivity contribution in [1.82, 2.24) is 5.32 Å². The molecule has 0 bridgehead atoms. The van der Waals surface area contributed by atoms with Crippen molar-refractivity contribution in [3.05, 3.63) is 0 Å². The quantitative estimate of drug-likeness (QED) is 0.542. The molecule has 0 saturated carbocycles. The van der Waals surface area contributed by atoms with Gasteiger partial charge in [0.2, 0.25) is 0 Å². The van der Waals surface area contributed by atoms with Crippen molar-refractivity contribution in [2.75, 3.05) is 5.75 Å². The summed E-state index contributed by atoms with van der Waals surface area (Å²) < 4.78 is 0.938. The Balaban J connectivity index is 3.23. The van der Waals surface area contributed by atoms with Crippen LogP contribution in [-0.2, 0) is 0 Å². The van der Waals surface area contributed by atoms with Crippen LogP contribution in [-0.4, -0.2) is 16.1 Å². The Kier molecular flexibility index (Phi) is 7.07. The summed E-state index contributed by atoms with van der Waals surface area (Å²) in [6.07, 6.45) is 2.50. The van der Waals surface area contributed by atoms with Crippen molar-refractivity contribution in [3.63, 3.8) is 0 Å². The standard InChI is InChI=1S/C8H17NS2/c1-4-5-6-11-8(10)9-7(2)3/h7H,4-6H2,1-3H3,(H,9,10). The van der Waals surface area contributed by atoms with Gasteiger partial charge in [0, 0.05) is 11.8 Å². The number of hydrogen-bond donors (Lipinski definition) is 1. The molecule has 0 aromatic rings. The summed E-state index contributed by atoms with van der Waals surface area (Å²) in [5.74, 6) is 1.15. The van der Waals surface area contributed by atoms with E-state index in [2.05, 4.69) is 26.1 Å². The smallest absolute Gasteiger partial charge is 0.133 e. The van der Waals surface area contributed by atoms with Crippen LogP contribution in [0.1, 0.15) is 33.6 Å². The highest BCUT2D eigenvalue weighted by atomic mass is 32.2. The first-order valence-electron chi connectivity index (χ1n) is 4.10. The first kappa shape index (κ1) is 11.2. The number of nitrogens with one attached hydrogen (secondary N) is 1. The third kappa shape index (κ3) is 8.14. The molecule has 0 amide bonds. The maximum Gasteiger partial charge on any atom is 0.133 e. The number of unbranched alkanes of at least 4 members (excludes halogenated alkanes) is 1. The number of thioether (sulfide) groups is 1. The van der Waals surface area contributed by atoms with E-state index in [9.17, 15) is 0 Å². The second-order valence-electron chi connectivity index (χ2n) is 2.79. The van der Waals surface area contributed by atoms with Gasteiger partial charge in [-0.1, -0.05) is 37.3 Å². The maximum absolute atomic E-state index is 5.10. The van der Waals surface area contributed by atoms with Gasteiger partial charge in [-0.3, -0.25) is 0 Å². The van der Waals surface area contributed by atoms with E-state index in [-0.39, 0.29) is 0 Å². The molecule has 66 valence electrons. The minimum absolute atomic E-state index is 0.469. The average Bonchev–Trinajstić information content (AvgIpc) is 1.86. The lowest BCUT2D eigenvalue weighted by Crippen LogP contribution is -2.26. The molecule has 0 aliphatic carbocycles. The van der Waals surface area contributed by atoms with Gasteiger partial charge < -0.3 is 5.32 Å². The van der Waals surface area contributed by atoms with E-state index in [0.717, 1.165) is 10.1 Å². The fraction of sp³-hybridized carbons (Fsp3) is 0.875. The van der Waals surface area contributed by atoms with Gasteiger partial charge in [-0.15, -0.1) is 0 Å². The Labute approximate surface area is 79.3 Å². The molecule has 0 aromatic carbocycles. The molecule has 0 aliphatic rings. The summed E-state index contributed by atoms with van der Waals surface area (Å²) in [5.41, 5.74) is 0. The largest absolute Gasteiger partial charge is 0.369 e. The third-order valence-corrected chi connectivity index (χ3v) is 2.48. The molecule has 0 aliphatic heterocycles. The lowest BCUT2D eigenvalue weighted by Gasteiger charge is -2.09. The van der Waals surface area contributed by atoms with Gasteiger partial charge in [-0.05, 0) is 20.3 Å². The molecule has 0 fully saturated rings. The van der Waals surface area contributed by atoms with Crippen LogP contribution in [0.25, 0.3) is 0 Å². The normalized spacial score (nSPS) is 10.2. The zero-order valence-corrected chi connectivity index (χ0v) is 9.15. The zero-order chi connectivity index (χ0) is 8.69. The Hall–Kier alpha value is 0.240. The second kappa shape index (κ2) is 6.92. The van der Waals surface area contributed by atoms with Gasteiger partial charge in [0.25, 0.3) is 0 Å². The molecule has 0 saturated heterocycles. The fourth-order valence-electron chi connectivity index (χ4n) is 0.587. The van der Waals surface area contributed by atoms with Crippen molar-refractivity contribution in [1.29, 1.82) is 0 Å². The minimum atomic E-state index is 0.469. The Bertz CT molecular complexity index is 113. The molecule has 0 atom stereocenters. The molecule has 3 heteroatoms. The van der Waals surface area contributed by atoms with Crippen LogP contribution in [0.4, 0.5) is 0 Å². The predicted octanol–water partition coefficient (Wildman–Crippen LogP) is 2.80. The van der Waals surface area contributed by atoms with Gasteiger partial charge in [-0.2, -0.15) is 0 Å². The minimum Gasteiger partial charge on any atom is -0.369 e. The monoisotopic (exact) mass is 191 g/mol. The molecule has 0 heterocycles. The first-order valence-corrected chi connectivity index (χ1v) is 5.49. The molecule has 0 unspecified atom stereocenters. The van der Waals surface area contributed by atoms with Gasteiger partial charge >= 0.3 is 0 Å². The highest BCUT2D eigenvalue weighted by molar-refractivity contribution is 8.22. The van der Waals surface area contributed by atoms with Crippen LogP contribution < -0.4 is 5.32 Å². The molecular formula is C8H17NS2. The average molecular weight is 191 g/mol. The zero-order valence-electron chi connectivity index (χ0n) is 7.52. The van der Waals surface area contributed by atoms with Crippen LogP contribution in [0.3, 0.4) is 0 Å². The van der Waals surface area contributed by atoms with Gasteiger partial charge in [0.1, 0.15) is 4.32 Å². The van der Waals surface area contributed by atoms with Crippen molar-refractivity contribution < 1.29 is 0 Å². The summed E-state index contributed by atoms with van der Waals surface area (Å²) in [6.45, 7) is 6.40. The number of hydrogen-bond acceptors (Lipinski definition) is 2. The van der Waals surface area contributed by atoms with Crippen LogP contribution in [0.5, 0.6) is 0 Å². The van der Waals surface area contributed by atoms with Gasteiger partial charge in [0.05, 0.1) is 0 Å². The maximum atomic E-state index is 5.10.